The van der Waals surface area contributed by atoms with E-state index in [2.05, 4.69) is 11.4 Å². The van der Waals surface area contributed by atoms with Gasteiger partial charge in [0.2, 0.25) is 5.91 Å². The molecule has 4 heteroatoms. The Kier molecular flexibility index (Phi) is 2.62. The Balaban J connectivity index is 1.62. The van der Waals surface area contributed by atoms with Crippen LogP contribution in [0, 0.1) is 17.2 Å². The van der Waals surface area contributed by atoms with E-state index in [0.717, 1.165) is 37.9 Å². The first-order valence-corrected chi connectivity index (χ1v) is 6.51. The van der Waals surface area contributed by atoms with Crippen molar-refractivity contribution in [1.82, 2.24) is 5.32 Å². The minimum atomic E-state index is -0.604. The van der Waals surface area contributed by atoms with Gasteiger partial charge >= 0.3 is 0 Å². The first-order valence-electron chi connectivity index (χ1n) is 6.51. The SMILES string of the molecule is N#CC1(NC(=O)C2CC2c2ccco2)CCCC1. The van der Waals surface area contributed by atoms with E-state index in [0.29, 0.717) is 0 Å². The number of amides is 1. The van der Waals surface area contributed by atoms with Crippen molar-refractivity contribution in [2.75, 3.05) is 0 Å². The zero-order valence-corrected chi connectivity index (χ0v) is 10.2. The highest BCUT2D eigenvalue weighted by molar-refractivity contribution is 5.83. The molecule has 3 rings (SSSR count). The van der Waals surface area contributed by atoms with E-state index in [1.54, 1.807) is 6.26 Å². The molecule has 2 unspecified atom stereocenters. The smallest absolute Gasteiger partial charge is 0.225 e. The molecular weight excluding hydrogens is 228 g/mol. The molecule has 0 aliphatic heterocycles. The van der Waals surface area contributed by atoms with E-state index in [9.17, 15) is 10.1 Å². The van der Waals surface area contributed by atoms with Gasteiger partial charge in [-0.15, -0.1) is 0 Å². The number of carbonyl (C=O) groups excluding carboxylic acids is 1. The largest absolute Gasteiger partial charge is 0.469 e. The summed E-state index contributed by atoms with van der Waals surface area (Å²) in [6.45, 7) is 0. The number of rotatable bonds is 3. The van der Waals surface area contributed by atoms with Gasteiger partial charge in [0, 0.05) is 11.8 Å². The maximum atomic E-state index is 12.1. The van der Waals surface area contributed by atoms with Crippen LogP contribution in [-0.4, -0.2) is 11.4 Å². The Hall–Kier alpha value is -1.76. The zero-order valence-electron chi connectivity index (χ0n) is 10.2. The summed E-state index contributed by atoms with van der Waals surface area (Å²) in [5.74, 6) is 1.09. The molecule has 0 radical (unpaired) electrons. The number of nitrogens with zero attached hydrogens (tertiary/aromatic N) is 1. The maximum Gasteiger partial charge on any atom is 0.225 e. The molecule has 18 heavy (non-hydrogen) atoms. The highest BCUT2D eigenvalue weighted by Crippen LogP contribution is 2.48. The fourth-order valence-corrected chi connectivity index (χ4v) is 2.87. The van der Waals surface area contributed by atoms with E-state index >= 15 is 0 Å². The molecule has 2 fully saturated rings. The third-order valence-electron chi connectivity index (χ3n) is 4.07. The highest BCUT2D eigenvalue weighted by atomic mass is 16.3. The minimum absolute atomic E-state index is 0.0121. The Bertz CT molecular complexity index is 480. The lowest BCUT2D eigenvalue weighted by molar-refractivity contribution is -0.123. The summed E-state index contributed by atoms with van der Waals surface area (Å²) in [4.78, 5) is 12.1. The van der Waals surface area contributed by atoms with E-state index in [4.69, 9.17) is 4.42 Å². The molecule has 2 aliphatic carbocycles. The zero-order chi connectivity index (χ0) is 12.6. The Morgan fingerprint density at radius 3 is 2.89 bits per heavy atom. The minimum Gasteiger partial charge on any atom is -0.469 e. The summed E-state index contributed by atoms with van der Waals surface area (Å²) in [6.07, 6.45) is 6.10. The van der Waals surface area contributed by atoms with E-state index in [1.165, 1.54) is 0 Å². The van der Waals surface area contributed by atoms with Gasteiger partial charge < -0.3 is 9.73 Å². The third-order valence-corrected chi connectivity index (χ3v) is 4.07. The van der Waals surface area contributed by atoms with Crippen molar-refractivity contribution in [3.05, 3.63) is 24.2 Å². The lowest BCUT2D eigenvalue weighted by Crippen LogP contribution is -2.45. The van der Waals surface area contributed by atoms with Crippen LogP contribution in [0.1, 0.15) is 43.8 Å². The standard InChI is InChI=1S/C14H16N2O2/c15-9-14(5-1-2-6-14)16-13(17)11-8-10(11)12-4-3-7-18-12/h3-4,7,10-11H,1-2,5-6,8H2,(H,16,17). The van der Waals surface area contributed by atoms with Crippen molar-refractivity contribution in [3.63, 3.8) is 0 Å². The van der Waals surface area contributed by atoms with Gasteiger partial charge in [0.1, 0.15) is 11.3 Å². The average molecular weight is 244 g/mol. The van der Waals surface area contributed by atoms with E-state index < -0.39 is 5.54 Å². The monoisotopic (exact) mass is 244 g/mol. The Labute approximate surface area is 106 Å². The lowest BCUT2D eigenvalue weighted by atomic mass is 9.99. The summed E-state index contributed by atoms with van der Waals surface area (Å²) in [5, 5.41) is 12.2. The molecule has 1 amide bonds. The van der Waals surface area contributed by atoms with Crippen molar-refractivity contribution in [2.24, 2.45) is 5.92 Å². The van der Waals surface area contributed by atoms with Gasteiger partial charge in [0.25, 0.3) is 0 Å². The van der Waals surface area contributed by atoms with Crippen LogP contribution in [0.15, 0.2) is 22.8 Å². The van der Waals surface area contributed by atoms with E-state index in [-0.39, 0.29) is 17.7 Å². The number of carbonyl (C=O) groups is 1. The Morgan fingerprint density at radius 1 is 1.50 bits per heavy atom. The fourth-order valence-electron chi connectivity index (χ4n) is 2.87. The molecule has 0 spiro atoms. The van der Waals surface area contributed by atoms with Gasteiger partial charge in [0.05, 0.1) is 12.3 Å². The molecule has 4 nitrogen and oxygen atoms in total. The second-order valence-corrected chi connectivity index (χ2v) is 5.35. The third kappa shape index (κ3) is 1.90. The molecule has 1 aromatic heterocycles. The average Bonchev–Trinajstić information content (AvgIpc) is 2.82. The lowest BCUT2D eigenvalue weighted by Gasteiger charge is -2.21. The first kappa shape index (κ1) is 11.3. The van der Waals surface area contributed by atoms with Crippen LogP contribution in [-0.2, 0) is 4.79 Å². The predicted molar refractivity (Wildman–Crippen MR) is 64.5 cm³/mol. The molecule has 94 valence electrons. The number of furan rings is 1. The molecule has 0 aromatic carbocycles. The van der Waals surface area contributed by atoms with Crippen LogP contribution in [0.2, 0.25) is 0 Å². The molecule has 1 heterocycles. The molecule has 0 saturated heterocycles. The van der Waals surface area contributed by atoms with Crippen LogP contribution in [0.3, 0.4) is 0 Å². The summed E-state index contributed by atoms with van der Waals surface area (Å²) in [6, 6.07) is 6.04. The second-order valence-electron chi connectivity index (χ2n) is 5.35. The van der Waals surface area contributed by atoms with Crippen molar-refractivity contribution < 1.29 is 9.21 Å². The second kappa shape index (κ2) is 4.16. The first-order chi connectivity index (χ1) is 8.74. The van der Waals surface area contributed by atoms with Crippen LogP contribution >= 0.6 is 0 Å². The van der Waals surface area contributed by atoms with Crippen LogP contribution < -0.4 is 5.32 Å². The number of nitriles is 1. The summed E-state index contributed by atoms with van der Waals surface area (Å²) in [5.41, 5.74) is -0.604. The highest BCUT2D eigenvalue weighted by Gasteiger charge is 2.48. The van der Waals surface area contributed by atoms with Crippen LogP contribution in [0.4, 0.5) is 0 Å². The molecule has 2 atom stereocenters. The van der Waals surface area contributed by atoms with Gasteiger partial charge in [-0.1, -0.05) is 0 Å². The van der Waals surface area contributed by atoms with Gasteiger partial charge in [0.15, 0.2) is 0 Å². The normalized spacial score (nSPS) is 28.6. The molecule has 2 aliphatic rings. The van der Waals surface area contributed by atoms with Crippen molar-refractivity contribution in [2.45, 2.75) is 43.6 Å². The van der Waals surface area contributed by atoms with Gasteiger partial charge in [-0.05, 0) is 44.2 Å². The fraction of sp³-hybridized carbons (Fsp3) is 0.571. The maximum absolute atomic E-state index is 12.1. The van der Waals surface area contributed by atoms with Crippen molar-refractivity contribution in [1.29, 1.82) is 5.26 Å². The van der Waals surface area contributed by atoms with Gasteiger partial charge in [-0.2, -0.15) is 5.26 Å². The van der Waals surface area contributed by atoms with E-state index in [1.807, 2.05) is 12.1 Å². The summed E-state index contributed by atoms with van der Waals surface area (Å²) < 4.78 is 5.31. The quantitative estimate of drug-likeness (QED) is 0.887. The van der Waals surface area contributed by atoms with Gasteiger partial charge in [-0.3, -0.25) is 4.79 Å². The van der Waals surface area contributed by atoms with Crippen molar-refractivity contribution >= 4 is 5.91 Å². The summed E-state index contributed by atoms with van der Waals surface area (Å²) in [7, 11) is 0. The van der Waals surface area contributed by atoms with Crippen LogP contribution in [0.5, 0.6) is 0 Å². The number of hydrogen-bond acceptors (Lipinski definition) is 3. The number of nitrogens with one attached hydrogen (secondary N) is 1. The van der Waals surface area contributed by atoms with Crippen LogP contribution in [0.25, 0.3) is 0 Å². The Morgan fingerprint density at radius 2 is 2.28 bits per heavy atom. The molecular formula is C14H16N2O2. The molecule has 1 aromatic rings. The summed E-state index contributed by atoms with van der Waals surface area (Å²) >= 11 is 0. The topological polar surface area (TPSA) is 66.0 Å². The van der Waals surface area contributed by atoms with Gasteiger partial charge in [-0.25, -0.2) is 0 Å². The molecule has 1 N–H and O–H groups in total. The molecule has 0 bridgehead atoms. The number of hydrogen-bond donors (Lipinski definition) is 1. The predicted octanol–water partition coefficient (Wildman–Crippen LogP) is 2.34. The molecule has 2 saturated carbocycles. The van der Waals surface area contributed by atoms with Crippen molar-refractivity contribution in [3.8, 4) is 6.07 Å².